The molecule has 3 aromatic rings. The van der Waals surface area contributed by atoms with Gasteiger partial charge in [0, 0.05) is 6.42 Å². The van der Waals surface area contributed by atoms with E-state index in [1.165, 1.54) is 7.11 Å². The van der Waals surface area contributed by atoms with E-state index in [1.54, 1.807) is 62.4 Å². The molecule has 3 aromatic carbocycles. The zero-order valence-corrected chi connectivity index (χ0v) is 21.5. The number of esters is 1. The Morgan fingerprint density at radius 3 is 1.95 bits per heavy atom. The highest BCUT2D eigenvalue weighted by Crippen LogP contribution is 2.27. The number of nitrogens with one attached hydrogen (secondary N) is 1. The van der Waals surface area contributed by atoms with E-state index in [4.69, 9.17) is 9.47 Å². The third-order valence-corrected chi connectivity index (χ3v) is 6.46. The van der Waals surface area contributed by atoms with Crippen molar-refractivity contribution in [1.29, 1.82) is 0 Å². The van der Waals surface area contributed by atoms with Gasteiger partial charge in [-0.15, -0.1) is 0 Å². The summed E-state index contributed by atoms with van der Waals surface area (Å²) in [6.07, 6.45) is 0.0578. The number of hydrogen-bond acceptors (Lipinski definition) is 6. The van der Waals surface area contributed by atoms with Gasteiger partial charge in [-0.25, -0.2) is 4.79 Å². The van der Waals surface area contributed by atoms with E-state index in [9.17, 15) is 19.2 Å². The van der Waals surface area contributed by atoms with Crippen LogP contribution >= 0.6 is 0 Å². The van der Waals surface area contributed by atoms with Crippen molar-refractivity contribution in [3.05, 3.63) is 101 Å². The lowest BCUT2D eigenvalue weighted by atomic mass is 10.0. The summed E-state index contributed by atoms with van der Waals surface area (Å²) in [4.78, 5) is 53.3. The predicted octanol–water partition coefficient (Wildman–Crippen LogP) is 3.79. The van der Waals surface area contributed by atoms with Crippen LogP contribution in [0.3, 0.4) is 0 Å². The minimum absolute atomic E-state index is 0.0578. The fraction of sp³-hybridized carbons (Fsp3) is 0.267. The van der Waals surface area contributed by atoms with Crippen LogP contribution in [0.5, 0.6) is 5.75 Å². The summed E-state index contributed by atoms with van der Waals surface area (Å²) >= 11 is 0. The molecule has 8 nitrogen and oxygen atoms in total. The number of carbonyl (C=O) groups is 4. The number of rotatable bonds is 10. The van der Waals surface area contributed by atoms with E-state index < -0.39 is 35.8 Å². The molecular formula is C30H30N2O6. The zero-order chi connectivity index (χ0) is 27.2. The van der Waals surface area contributed by atoms with Gasteiger partial charge in [-0.1, -0.05) is 68.4 Å². The van der Waals surface area contributed by atoms with E-state index in [-0.39, 0.29) is 23.5 Å². The molecular weight excluding hydrogens is 484 g/mol. The molecule has 1 aliphatic heterocycles. The van der Waals surface area contributed by atoms with Crippen LogP contribution in [0.2, 0.25) is 0 Å². The summed E-state index contributed by atoms with van der Waals surface area (Å²) in [5.74, 6) is -1.94. The van der Waals surface area contributed by atoms with Gasteiger partial charge in [0.05, 0.1) is 18.2 Å². The van der Waals surface area contributed by atoms with Gasteiger partial charge in [0.2, 0.25) is 5.91 Å². The summed E-state index contributed by atoms with van der Waals surface area (Å²) in [6.45, 7) is 3.95. The quantitative estimate of drug-likeness (QED) is 0.326. The van der Waals surface area contributed by atoms with Crippen LogP contribution in [0.1, 0.15) is 45.7 Å². The Labute approximate surface area is 221 Å². The molecule has 0 aliphatic carbocycles. The number of fused-ring (bicyclic) bond motifs is 1. The molecule has 3 amide bonds. The maximum Gasteiger partial charge on any atom is 0.328 e. The fourth-order valence-corrected chi connectivity index (χ4v) is 4.35. The molecule has 1 aliphatic rings. The van der Waals surface area contributed by atoms with Crippen molar-refractivity contribution < 1.29 is 28.7 Å². The molecule has 0 radical (unpaired) electrons. The second-order valence-corrected chi connectivity index (χ2v) is 9.42. The molecule has 0 aromatic heterocycles. The molecule has 0 unspecified atom stereocenters. The van der Waals surface area contributed by atoms with E-state index in [1.807, 2.05) is 30.3 Å². The predicted molar refractivity (Wildman–Crippen MR) is 140 cm³/mol. The smallest absolute Gasteiger partial charge is 0.328 e. The lowest BCUT2D eigenvalue weighted by Gasteiger charge is -2.28. The Bertz CT molecular complexity index is 1290. The Balaban J connectivity index is 1.57. The average molecular weight is 515 g/mol. The Morgan fingerprint density at radius 1 is 0.816 bits per heavy atom. The van der Waals surface area contributed by atoms with E-state index >= 15 is 0 Å². The van der Waals surface area contributed by atoms with E-state index in [0.717, 1.165) is 10.5 Å². The van der Waals surface area contributed by atoms with Crippen LogP contribution in [-0.2, 0) is 27.4 Å². The van der Waals surface area contributed by atoms with Gasteiger partial charge < -0.3 is 14.8 Å². The van der Waals surface area contributed by atoms with Crippen LogP contribution in [0.15, 0.2) is 78.9 Å². The molecule has 8 heteroatoms. The molecule has 1 N–H and O–H groups in total. The molecule has 0 saturated carbocycles. The summed E-state index contributed by atoms with van der Waals surface area (Å²) in [5, 5.41) is 2.70. The average Bonchev–Trinajstić information content (AvgIpc) is 3.19. The zero-order valence-electron chi connectivity index (χ0n) is 21.5. The summed E-state index contributed by atoms with van der Waals surface area (Å²) in [5.41, 5.74) is 2.24. The van der Waals surface area contributed by atoms with Crippen molar-refractivity contribution in [3.63, 3.8) is 0 Å². The van der Waals surface area contributed by atoms with Crippen molar-refractivity contribution in [1.82, 2.24) is 10.2 Å². The molecule has 2 atom stereocenters. The van der Waals surface area contributed by atoms with Crippen molar-refractivity contribution in [3.8, 4) is 5.75 Å². The fourth-order valence-electron chi connectivity index (χ4n) is 4.35. The first-order valence-corrected chi connectivity index (χ1v) is 12.4. The Hall–Kier alpha value is -4.46. The largest absolute Gasteiger partial charge is 0.489 e. The molecule has 0 saturated heterocycles. The minimum atomic E-state index is -1.18. The Kier molecular flexibility index (Phi) is 8.21. The van der Waals surface area contributed by atoms with Crippen LogP contribution in [0.4, 0.5) is 0 Å². The topological polar surface area (TPSA) is 102 Å². The second kappa shape index (κ2) is 11.7. The number of nitrogens with zero attached hydrogens (tertiary/aromatic N) is 1. The highest BCUT2D eigenvalue weighted by Gasteiger charge is 2.43. The maximum atomic E-state index is 13.5. The van der Waals surface area contributed by atoms with Gasteiger partial charge in [-0.2, -0.15) is 0 Å². The number of carbonyl (C=O) groups excluding carboxylic acids is 4. The first-order valence-electron chi connectivity index (χ1n) is 12.4. The highest BCUT2D eigenvalue weighted by atomic mass is 16.5. The van der Waals surface area contributed by atoms with Crippen LogP contribution in [0, 0.1) is 5.92 Å². The SMILES string of the molecule is COC(=O)[C@@H](NC(=O)[C@H](Cc1ccc(OCc2ccccc2)cc1)N1C(=O)c2ccccc2C1=O)C(C)C. The van der Waals surface area contributed by atoms with Crippen LogP contribution < -0.4 is 10.1 Å². The highest BCUT2D eigenvalue weighted by molar-refractivity contribution is 6.22. The van der Waals surface area contributed by atoms with Gasteiger partial charge in [0.1, 0.15) is 24.4 Å². The van der Waals surface area contributed by atoms with Gasteiger partial charge in [0.15, 0.2) is 0 Å². The normalized spacial score (nSPS) is 14.2. The molecule has 0 bridgehead atoms. The summed E-state index contributed by atoms with van der Waals surface area (Å²) in [7, 11) is 1.24. The summed E-state index contributed by atoms with van der Waals surface area (Å²) in [6, 6.07) is 21.3. The number of imide groups is 1. The third kappa shape index (κ3) is 5.75. The third-order valence-electron chi connectivity index (χ3n) is 6.46. The number of benzene rings is 3. The van der Waals surface area contributed by atoms with Gasteiger partial charge >= 0.3 is 5.97 Å². The van der Waals surface area contributed by atoms with Crippen LogP contribution in [-0.4, -0.2) is 47.8 Å². The molecule has 196 valence electrons. The first-order chi connectivity index (χ1) is 18.3. The van der Waals surface area contributed by atoms with Crippen molar-refractivity contribution >= 4 is 23.7 Å². The maximum absolute atomic E-state index is 13.5. The molecule has 1 heterocycles. The van der Waals surface area contributed by atoms with Crippen molar-refractivity contribution in [2.24, 2.45) is 5.92 Å². The standard InChI is InChI=1S/C30H30N2O6/c1-19(2)26(30(36)37-3)31-27(33)25(32-28(34)23-11-7-8-12-24(23)29(32)35)17-20-13-15-22(16-14-20)38-18-21-9-5-4-6-10-21/h4-16,19,25-26H,17-18H2,1-3H3,(H,31,33)/t25-,26-/m0/s1. The lowest BCUT2D eigenvalue weighted by molar-refractivity contribution is -0.146. The number of amides is 3. The van der Waals surface area contributed by atoms with E-state index in [0.29, 0.717) is 17.9 Å². The van der Waals surface area contributed by atoms with Gasteiger partial charge in [-0.3, -0.25) is 19.3 Å². The molecule has 0 fully saturated rings. The second-order valence-electron chi connectivity index (χ2n) is 9.42. The number of methoxy groups -OCH3 is 1. The summed E-state index contributed by atoms with van der Waals surface area (Å²) < 4.78 is 10.7. The molecule has 4 rings (SSSR count). The molecule has 38 heavy (non-hydrogen) atoms. The van der Waals surface area contributed by atoms with Gasteiger partial charge in [0.25, 0.3) is 11.8 Å². The Morgan fingerprint density at radius 2 is 1.39 bits per heavy atom. The van der Waals surface area contributed by atoms with Gasteiger partial charge in [-0.05, 0) is 41.3 Å². The van der Waals surface area contributed by atoms with Crippen molar-refractivity contribution in [2.75, 3.05) is 7.11 Å². The lowest BCUT2D eigenvalue weighted by Crippen LogP contribution is -2.55. The number of hydrogen-bond donors (Lipinski definition) is 1. The van der Waals surface area contributed by atoms with Crippen molar-refractivity contribution in [2.45, 2.75) is 39.0 Å². The van der Waals surface area contributed by atoms with Crippen LogP contribution in [0.25, 0.3) is 0 Å². The molecule has 0 spiro atoms. The monoisotopic (exact) mass is 514 g/mol. The first kappa shape index (κ1) is 26.6. The minimum Gasteiger partial charge on any atom is -0.489 e. The number of ether oxygens (including phenoxy) is 2. The van der Waals surface area contributed by atoms with E-state index in [2.05, 4.69) is 5.32 Å².